The molecule has 0 bridgehead atoms. The van der Waals surface area contributed by atoms with E-state index in [9.17, 15) is 0 Å². The number of hydrogen-bond acceptors (Lipinski definition) is 3. The van der Waals surface area contributed by atoms with Crippen molar-refractivity contribution in [3.63, 3.8) is 0 Å². The molecule has 1 aliphatic rings. The highest BCUT2D eigenvalue weighted by atomic mass is 35.5. The fourth-order valence-corrected chi connectivity index (χ4v) is 6.80. The van der Waals surface area contributed by atoms with Gasteiger partial charge in [0.05, 0.1) is 10.7 Å². The predicted molar refractivity (Wildman–Crippen MR) is 179 cm³/mol. The van der Waals surface area contributed by atoms with Crippen LogP contribution in [0, 0.1) is 20.8 Å². The van der Waals surface area contributed by atoms with Crippen molar-refractivity contribution >= 4 is 17.2 Å². The number of nitrogens with zero attached hydrogens (tertiary/aromatic N) is 1. The third-order valence-corrected chi connectivity index (χ3v) is 9.02. The van der Waals surface area contributed by atoms with Crippen LogP contribution in [-0.2, 0) is 6.54 Å². The SMILES string of the molecule is C/C=C(\C=C(C)C)c1cccc(-c2cccc(-c3cc(C)c(CNCC4CCC(C)(CCC)N4)c(C)n3)c2Cl)c1C. The molecule has 0 radical (unpaired) electrons. The molecule has 4 rings (SSSR count). The van der Waals surface area contributed by atoms with Crippen molar-refractivity contribution in [1.82, 2.24) is 15.6 Å². The van der Waals surface area contributed by atoms with Crippen LogP contribution in [0.25, 0.3) is 28.0 Å². The highest BCUT2D eigenvalue weighted by Crippen LogP contribution is 2.39. The van der Waals surface area contributed by atoms with Crippen LogP contribution in [0.5, 0.6) is 0 Å². The molecule has 1 aromatic heterocycles. The van der Waals surface area contributed by atoms with E-state index in [1.807, 2.05) is 0 Å². The van der Waals surface area contributed by atoms with Crippen LogP contribution in [0.4, 0.5) is 0 Å². The zero-order chi connectivity index (χ0) is 29.7. The molecule has 3 aromatic rings. The lowest BCUT2D eigenvalue weighted by molar-refractivity contribution is 0.356. The van der Waals surface area contributed by atoms with Crippen molar-refractivity contribution in [3.8, 4) is 22.4 Å². The van der Waals surface area contributed by atoms with Crippen molar-refractivity contribution in [2.24, 2.45) is 0 Å². The van der Waals surface area contributed by atoms with Crippen LogP contribution in [0.2, 0.25) is 5.02 Å². The average Bonchev–Trinajstić information content (AvgIpc) is 3.29. The highest BCUT2D eigenvalue weighted by molar-refractivity contribution is 6.36. The fourth-order valence-electron chi connectivity index (χ4n) is 6.47. The number of allylic oxidation sites excluding steroid dienone is 4. The quantitative estimate of drug-likeness (QED) is 0.238. The third-order valence-electron chi connectivity index (χ3n) is 8.61. The Balaban J connectivity index is 1.57. The molecule has 0 aliphatic carbocycles. The Labute approximate surface area is 253 Å². The van der Waals surface area contributed by atoms with Crippen LogP contribution in [0.1, 0.15) is 88.2 Å². The zero-order valence-corrected chi connectivity index (χ0v) is 27.1. The number of aromatic nitrogens is 1. The van der Waals surface area contributed by atoms with Gasteiger partial charge >= 0.3 is 0 Å². The zero-order valence-electron chi connectivity index (χ0n) is 26.3. The molecule has 2 unspecified atom stereocenters. The summed E-state index contributed by atoms with van der Waals surface area (Å²) in [5, 5.41) is 8.32. The summed E-state index contributed by atoms with van der Waals surface area (Å²) in [6.45, 7) is 19.3. The van der Waals surface area contributed by atoms with Gasteiger partial charge in [-0.05, 0) is 107 Å². The Morgan fingerprint density at radius 1 is 1.10 bits per heavy atom. The van der Waals surface area contributed by atoms with E-state index in [-0.39, 0.29) is 0 Å². The number of aryl methyl sites for hydroxylation is 2. The molecule has 2 atom stereocenters. The van der Waals surface area contributed by atoms with E-state index < -0.39 is 0 Å². The first-order chi connectivity index (χ1) is 19.6. The van der Waals surface area contributed by atoms with E-state index in [4.69, 9.17) is 16.6 Å². The second-order valence-electron chi connectivity index (χ2n) is 12.3. The van der Waals surface area contributed by atoms with E-state index in [2.05, 4.69) is 121 Å². The largest absolute Gasteiger partial charge is 0.311 e. The summed E-state index contributed by atoms with van der Waals surface area (Å²) < 4.78 is 0. The third kappa shape index (κ3) is 7.20. The predicted octanol–water partition coefficient (Wildman–Crippen LogP) is 9.76. The van der Waals surface area contributed by atoms with Gasteiger partial charge in [0.2, 0.25) is 0 Å². The van der Waals surface area contributed by atoms with Gasteiger partial charge in [-0.15, -0.1) is 0 Å². The molecule has 2 N–H and O–H groups in total. The Morgan fingerprint density at radius 2 is 1.80 bits per heavy atom. The molecule has 3 nitrogen and oxygen atoms in total. The first-order valence-electron chi connectivity index (χ1n) is 15.2. The van der Waals surface area contributed by atoms with Crippen LogP contribution in [0.15, 0.2) is 60.2 Å². The van der Waals surface area contributed by atoms with Gasteiger partial charge in [-0.3, -0.25) is 4.98 Å². The lowest BCUT2D eigenvalue weighted by Crippen LogP contribution is -2.44. The minimum Gasteiger partial charge on any atom is -0.311 e. The summed E-state index contributed by atoms with van der Waals surface area (Å²) in [4.78, 5) is 5.05. The molecule has 4 heteroatoms. The molecule has 0 saturated carbocycles. The Hall–Kier alpha value is -2.72. The summed E-state index contributed by atoms with van der Waals surface area (Å²) in [6.07, 6.45) is 9.39. The van der Waals surface area contributed by atoms with Crippen molar-refractivity contribution in [3.05, 3.63) is 93.2 Å². The van der Waals surface area contributed by atoms with Gasteiger partial charge in [-0.25, -0.2) is 0 Å². The first-order valence-corrected chi connectivity index (χ1v) is 15.6. The maximum Gasteiger partial charge on any atom is 0.0723 e. The summed E-state index contributed by atoms with van der Waals surface area (Å²) in [7, 11) is 0. The summed E-state index contributed by atoms with van der Waals surface area (Å²) in [5.41, 5.74) is 12.9. The van der Waals surface area contributed by atoms with Crippen LogP contribution in [-0.4, -0.2) is 23.1 Å². The lowest BCUT2D eigenvalue weighted by atomic mass is 9.90. The van der Waals surface area contributed by atoms with E-state index in [0.717, 1.165) is 46.2 Å². The lowest BCUT2D eigenvalue weighted by Gasteiger charge is -2.25. The van der Waals surface area contributed by atoms with Gasteiger partial charge in [-0.2, -0.15) is 0 Å². The smallest absolute Gasteiger partial charge is 0.0723 e. The van der Waals surface area contributed by atoms with Gasteiger partial charge in [0.15, 0.2) is 0 Å². The Morgan fingerprint density at radius 3 is 2.49 bits per heavy atom. The van der Waals surface area contributed by atoms with E-state index >= 15 is 0 Å². The Kier molecular flexibility index (Phi) is 10.3. The van der Waals surface area contributed by atoms with Crippen LogP contribution >= 0.6 is 11.6 Å². The van der Waals surface area contributed by atoms with Gasteiger partial charge in [-0.1, -0.05) is 79.1 Å². The minimum atomic E-state index is 0.296. The number of pyridine rings is 1. The molecule has 1 aliphatic heterocycles. The van der Waals surface area contributed by atoms with Crippen LogP contribution < -0.4 is 10.6 Å². The summed E-state index contributed by atoms with van der Waals surface area (Å²) >= 11 is 7.16. The molecule has 218 valence electrons. The molecule has 2 aromatic carbocycles. The first kappa shape index (κ1) is 31.2. The summed E-state index contributed by atoms with van der Waals surface area (Å²) in [6, 6.07) is 15.5. The molecule has 2 heterocycles. The maximum atomic E-state index is 7.16. The van der Waals surface area contributed by atoms with E-state index in [1.54, 1.807) is 0 Å². The van der Waals surface area contributed by atoms with E-state index in [0.29, 0.717) is 11.6 Å². The maximum absolute atomic E-state index is 7.16. The molecule has 1 fully saturated rings. The molecule has 0 amide bonds. The molecular weight excluding hydrogens is 522 g/mol. The van der Waals surface area contributed by atoms with Gasteiger partial charge in [0.1, 0.15) is 0 Å². The van der Waals surface area contributed by atoms with Crippen LogP contribution in [0.3, 0.4) is 0 Å². The second-order valence-corrected chi connectivity index (χ2v) is 12.7. The number of hydrogen-bond donors (Lipinski definition) is 2. The minimum absolute atomic E-state index is 0.296. The van der Waals surface area contributed by atoms with Gasteiger partial charge in [0, 0.05) is 41.5 Å². The number of nitrogens with one attached hydrogen (secondary N) is 2. The fraction of sp³-hybridized carbons (Fsp3) is 0.432. The number of rotatable bonds is 10. The number of halogens is 1. The standard InChI is InChI=1S/C37H48ClN3/c1-9-18-37(8)19-17-29(41-37)22-39-23-34-25(5)21-35(40-27(34)7)33-16-12-15-32(36(33)38)31-14-11-13-30(26(31)6)28(10-2)20-24(3)4/h10-16,20-21,29,39,41H,9,17-19,22-23H2,1-8H3/b28-10+. The van der Waals surface area contributed by atoms with Gasteiger partial charge < -0.3 is 10.6 Å². The molecule has 0 spiro atoms. The molecular formula is C37H48ClN3. The van der Waals surface area contributed by atoms with Gasteiger partial charge in [0.25, 0.3) is 0 Å². The second kappa shape index (κ2) is 13.5. The molecule has 1 saturated heterocycles. The van der Waals surface area contributed by atoms with E-state index in [1.165, 1.54) is 59.1 Å². The topological polar surface area (TPSA) is 37.0 Å². The monoisotopic (exact) mass is 569 g/mol. The Bertz CT molecular complexity index is 1420. The summed E-state index contributed by atoms with van der Waals surface area (Å²) in [5.74, 6) is 0. The van der Waals surface area contributed by atoms with Crippen molar-refractivity contribution < 1.29 is 0 Å². The van der Waals surface area contributed by atoms with Crippen molar-refractivity contribution in [2.45, 2.75) is 99.2 Å². The normalized spacial score (nSPS) is 19.0. The average molecular weight is 570 g/mol. The molecule has 41 heavy (non-hydrogen) atoms. The van der Waals surface area contributed by atoms with Crippen molar-refractivity contribution in [1.29, 1.82) is 0 Å². The van der Waals surface area contributed by atoms with Crippen molar-refractivity contribution in [2.75, 3.05) is 6.54 Å². The highest BCUT2D eigenvalue weighted by Gasteiger charge is 2.32. The number of benzene rings is 2.